The molecule has 1 amide bonds. The Morgan fingerprint density at radius 3 is 2.68 bits per heavy atom. The van der Waals surface area contributed by atoms with Crippen molar-refractivity contribution >= 4 is 5.91 Å². The minimum absolute atomic E-state index is 0.104. The molecule has 1 aliphatic rings. The molecule has 5 nitrogen and oxygen atoms in total. The fourth-order valence-electron chi connectivity index (χ4n) is 2.68. The Hall–Kier alpha value is -0.650. The van der Waals surface area contributed by atoms with E-state index >= 15 is 0 Å². The number of carbonyl (C=O) groups is 1. The smallest absolute Gasteiger partial charge is 0.228 e. The third-order valence-corrected chi connectivity index (χ3v) is 4.13. The van der Waals surface area contributed by atoms with Crippen LogP contribution in [0, 0.1) is 11.3 Å². The summed E-state index contributed by atoms with van der Waals surface area (Å²) in [5, 5.41) is 15.3. The second-order valence-electron chi connectivity index (χ2n) is 5.46. The van der Waals surface area contributed by atoms with Gasteiger partial charge in [-0.1, -0.05) is 13.3 Å². The quantitative estimate of drug-likeness (QED) is 0.603. The van der Waals surface area contributed by atoms with Crippen LogP contribution < -0.4 is 10.6 Å². The lowest BCUT2D eigenvalue weighted by molar-refractivity contribution is -0.136. The van der Waals surface area contributed by atoms with Gasteiger partial charge in [-0.3, -0.25) is 4.79 Å². The monoisotopic (exact) mass is 272 g/mol. The summed E-state index contributed by atoms with van der Waals surface area (Å²) >= 11 is 0. The first-order valence-electron chi connectivity index (χ1n) is 7.27. The van der Waals surface area contributed by atoms with Crippen molar-refractivity contribution in [3.8, 4) is 0 Å². The molecule has 0 radical (unpaired) electrons. The maximum atomic E-state index is 12.5. The number of methoxy groups -OCH3 is 1. The molecule has 1 aliphatic heterocycles. The Balaban J connectivity index is 2.52. The van der Waals surface area contributed by atoms with Gasteiger partial charge in [0.05, 0.1) is 12.0 Å². The van der Waals surface area contributed by atoms with Gasteiger partial charge in [-0.25, -0.2) is 0 Å². The van der Waals surface area contributed by atoms with Gasteiger partial charge in [0.2, 0.25) is 5.91 Å². The van der Waals surface area contributed by atoms with Crippen molar-refractivity contribution in [2.45, 2.75) is 32.6 Å². The fourth-order valence-corrected chi connectivity index (χ4v) is 2.68. The Labute approximate surface area is 116 Å². The van der Waals surface area contributed by atoms with Crippen molar-refractivity contribution in [3.63, 3.8) is 0 Å². The Bertz CT molecular complexity index is 260. The van der Waals surface area contributed by atoms with Gasteiger partial charge in [-0.15, -0.1) is 0 Å². The van der Waals surface area contributed by atoms with Crippen molar-refractivity contribution in [2.24, 2.45) is 11.3 Å². The van der Waals surface area contributed by atoms with Crippen LogP contribution in [0.3, 0.4) is 0 Å². The number of aliphatic hydroxyl groups is 1. The Morgan fingerprint density at radius 1 is 1.47 bits per heavy atom. The second-order valence-corrected chi connectivity index (χ2v) is 5.46. The fraction of sp³-hybridized carbons (Fsp3) is 0.929. The maximum Gasteiger partial charge on any atom is 0.228 e. The predicted molar refractivity (Wildman–Crippen MR) is 74.9 cm³/mol. The van der Waals surface area contributed by atoms with Crippen molar-refractivity contribution in [1.82, 2.24) is 10.6 Å². The van der Waals surface area contributed by atoms with Crippen molar-refractivity contribution in [3.05, 3.63) is 0 Å². The van der Waals surface area contributed by atoms with Crippen molar-refractivity contribution < 1.29 is 14.6 Å². The van der Waals surface area contributed by atoms with Gasteiger partial charge >= 0.3 is 0 Å². The van der Waals surface area contributed by atoms with Gasteiger partial charge in [0.1, 0.15) is 0 Å². The molecule has 112 valence electrons. The highest BCUT2D eigenvalue weighted by Gasteiger charge is 2.39. The number of ether oxygens (including phenoxy) is 1. The van der Waals surface area contributed by atoms with E-state index in [2.05, 4.69) is 17.6 Å². The van der Waals surface area contributed by atoms with Gasteiger partial charge in [-0.05, 0) is 38.3 Å². The second kappa shape index (κ2) is 8.51. The number of rotatable bonds is 8. The van der Waals surface area contributed by atoms with Crippen LogP contribution in [0.15, 0.2) is 0 Å². The molecule has 3 N–H and O–H groups in total. The molecular weight excluding hydrogens is 244 g/mol. The third kappa shape index (κ3) is 4.75. The summed E-state index contributed by atoms with van der Waals surface area (Å²) in [6.45, 7) is 5.13. The van der Waals surface area contributed by atoms with Crippen LogP contribution in [0.5, 0.6) is 0 Å². The van der Waals surface area contributed by atoms with Crippen molar-refractivity contribution in [2.75, 3.05) is 40.0 Å². The first-order chi connectivity index (χ1) is 9.18. The van der Waals surface area contributed by atoms with Crippen LogP contribution in [0.25, 0.3) is 0 Å². The number of hydrogen-bond donors (Lipinski definition) is 3. The maximum absolute atomic E-state index is 12.5. The molecule has 1 atom stereocenters. The van der Waals surface area contributed by atoms with E-state index in [9.17, 15) is 4.79 Å². The summed E-state index contributed by atoms with van der Waals surface area (Å²) in [5.41, 5.74) is -0.377. The van der Waals surface area contributed by atoms with Crippen LogP contribution in [0.1, 0.15) is 32.6 Å². The molecular formula is C14H28N2O3. The molecule has 1 fully saturated rings. The summed E-state index contributed by atoms with van der Waals surface area (Å²) in [4.78, 5) is 12.5. The van der Waals surface area contributed by atoms with Gasteiger partial charge in [0.15, 0.2) is 0 Å². The lowest BCUT2D eigenvalue weighted by Crippen LogP contribution is -2.50. The molecule has 1 heterocycles. The first kappa shape index (κ1) is 16.4. The number of aliphatic hydroxyl groups excluding tert-OH is 1. The molecule has 1 rings (SSSR count). The highest BCUT2D eigenvalue weighted by atomic mass is 16.5. The van der Waals surface area contributed by atoms with E-state index in [1.165, 1.54) is 0 Å². The highest BCUT2D eigenvalue weighted by molar-refractivity contribution is 5.83. The van der Waals surface area contributed by atoms with E-state index in [0.29, 0.717) is 19.1 Å². The topological polar surface area (TPSA) is 70.6 Å². The predicted octanol–water partition coefficient (Wildman–Crippen LogP) is 0.527. The molecule has 19 heavy (non-hydrogen) atoms. The number of hydrogen-bond acceptors (Lipinski definition) is 4. The van der Waals surface area contributed by atoms with Crippen molar-refractivity contribution in [1.29, 1.82) is 0 Å². The molecule has 0 saturated carbocycles. The molecule has 1 unspecified atom stereocenters. The highest BCUT2D eigenvalue weighted by Crippen LogP contribution is 2.29. The summed E-state index contributed by atoms with van der Waals surface area (Å²) in [6, 6.07) is 0. The molecule has 0 aromatic heterocycles. The van der Waals surface area contributed by atoms with Gasteiger partial charge in [0.25, 0.3) is 0 Å². The summed E-state index contributed by atoms with van der Waals surface area (Å²) in [7, 11) is 1.65. The lowest BCUT2D eigenvalue weighted by Gasteiger charge is -2.35. The van der Waals surface area contributed by atoms with E-state index < -0.39 is 0 Å². The van der Waals surface area contributed by atoms with Crippen LogP contribution in [-0.2, 0) is 9.53 Å². The van der Waals surface area contributed by atoms with Gasteiger partial charge < -0.3 is 20.5 Å². The number of carbonyl (C=O) groups excluding carboxylic acids is 1. The number of amides is 1. The minimum atomic E-state index is -0.377. The van der Waals surface area contributed by atoms with Crippen LogP contribution >= 0.6 is 0 Å². The minimum Gasteiger partial charge on any atom is -0.396 e. The third-order valence-electron chi connectivity index (χ3n) is 4.13. The zero-order chi connectivity index (χ0) is 14.1. The molecule has 5 heteroatoms. The van der Waals surface area contributed by atoms with Crippen LogP contribution in [0.2, 0.25) is 0 Å². The van der Waals surface area contributed by atoms with Crippen LogP contribution in [-0.4, -0.2) is 51.0 Å². The number of nitrogens with one attached hydrogen (secondary N) is 2. The molecule has 0 bridgehead atoms. The Kier molecular flexibility index (Phi) is 7.34. The van der Waals surface area contributed by atoms with Gasteiger partial charge in [0, 0.05) is 20.3 Å². The SMILES string of the molecule is CCC(CCO)CNC(=O)C1(COC)CCNCC1. The summed E-state index contributed by atoms with van der Waals surface area (Å²) < 4.78 is 5.26. The lowest BCUT2D eigenvalue weighted by atomic mass is 9.78. The molecule has 0 aromatic carbocycles. The van der Waals surface area contributed by atoms with E-state index in [0.717, 1.165) is 38.8 Å². The van der Waals surface area contributed by atoms with E-state index in [1.54, 1.807) is 7.11 Å². The largest absolute Gasteiger partial charge is 0.396 e. The van der Waals surface area contributed by atoms with Gasteiger partial charge in [-0.2, -0.15) is 0 Å². The molecule has 0 aliphatic carbocycles. The standard InChI is InChI=1S/C14H28N2O3/c1-3-12(4-9-17)10-16-13(18)14(11-19-2)5-7-15-8-6-14/h12,15,17H,3-11H2,1-2H3,(H,16,18). The molecule has 0 aromatic rings. The number of piperidine rings is 1. The van der Waals surface area contributed by atoms with E-state index in [4.69, 9.17) is 9.84 Å². The average Bonchev–Trinajstić information content (AvgIpc) is 2.44. The zero-order valence-electron chi connectivity index (χ0n) is 12.2. The Morgan fingerprint density at radius 2 is 2.16 bits per heavy atom. The first-order valence-corrected chi connectivity index (χ1v) is 7.27. The molecule has 1 saturated heterocycles. The summed E-state index contributed by atoms with van der Waals surface area (Å²) in [6.07, 6.45) is 3.36. The van der Waals surface area contributed by atoms with E-state index in [1.807, 2.05) is 0 Å². The zero-order valence-corrected chi connectivity index (χ0v) is 12.2. The summed E-state index contributed by atoms with van der Waals surface area (Å²) in [5.74, 6) is 0.461. The van der Waals surface area contributed by atoms with Crippen LogP contribution in [0.4, 0.5) is 0 Å². The molecule has 0 spiro atoms. The average molecular weight is 272 g/mol. The normalized spacial score (nSPS) is 19.9. The van der Waals surface area contributed by atoms with E-state index in [-0.39, 0.29) is 17.9 Å².